The van der Waals surface area contributed by atoms with Crippen LogP contribution in [-0.2, 0) is 4.79 Å². The molecular weight excluding hydrogens is 333 g/mol. The molecule has 0 saturated carbocycles. The van der Waals surface area contributed by atoms with Gasteiger partial charge < -0.3 is 0 Å². The normalized spacial score (nSPS) is 14.6. The second kappa shape index (κ2) is 5.30. The summed E-state index contributed by atoms with van der Waals surface area (Å²) in [5.41, 5.74) is 2.89. The van der Waals surface area contributed by atoms with E-state index in [-0.39, 0.29) is 11.7 Å². The van der Waals surface area contributed by atoms with Crippen LogP contribution >= 0.6 is 15.9 Å². The van der Waals surface area contributed by atoms with Crippen LogP contribution in [0.25, 0.3) is 5.57 Å². The molecule has 3 rings (SSSR count). The van der Waals surface area contributed by atoms with Crippen molar-refractivity contribution in [2.75, 3.05) is 4.90 Å². The largest absolute Gasteiger partial charge is 0.277 e. The highest BCUT2D eigenvalue weighted by molar-refractivity contribution is 9.10. The van der Waals surface area contributed by atoms with Gasteiger partial charge in [0.2, 0.25) is 0 Å². The third-order valence-electron chi connectivity index (χ3n) is 3.31. The Morgan fingerprint density at radius 1 is 1.00 bits per heavy atom. The third kappa shape index (κ3) is 2.54. The molecular formula is C17H11BrFNO. The van der Waals surface area contributed by atoms with Gasteiger partial charge in [-0.25, -0.2) is 4.39 Å². The van der Waals surface area contributed by atoms with Crippen molar-refractivity contribution in [2.45, 2.75) is 0 Å². The van der Waals surface area contributed by atoms with Gasteiger partial charge in [0.25, 0.3) is 5.91 Å². The van der Waals surface area contributed by atoms with E-state index in [0.29, 0.717) is 11.4 Å². The molecule has 4 heteroatoms. The van der Waals surface area contributed by atoms with Crippen LogP contribution < -0.4 is 4.90 Å². The fraction of sp³-hybridized carbons (Fsp3) is 0. The maximum Gasteiger partial charge on any atom is 0.256 e. The molecule has 0 unspecified atom stereocenters. The monoisotopic (exact) mass is 343 g/mol. The molecule has 21 heavy (non-hydrogen) atoms. The number of nitrogens with zero attached hydrogens (tertiary/aromatic N) is 1. The Labute approximate surface area is 130 Å². The van der Waals surface area contributed by atoms with E-state index in [1.54, 1.807) is 18.2 Å². The molecule has 1 aliphatic rings. The molecule has 0 aromatic heterocycles. The number of hydrogen-bond donors (Lipinski definition) is 0. The summed E-state index contributed by atoms with van der Waals surface area (Å²) >= 11 is 3.38. The van der Waals surface area contributed by atoms with Crippen LogP contribution in [0.15, 0.2) is 71.4 Å². The van der Waals surface area contributed by atoms with Crippen LogP contribution in [0, 0.1) is 5.82 Å². The molecule has 0 radical (unpaired) electrons. The van der Waals surface area contributed by atoms with Gasteiger partial charge in [-0.15, -0.1) is 0 Å². The molecule has 0 aliphatic carbocycles. The second-order valence-electron chi connectivity index (χ2n) is 4.66. The summed E-state index contributed by atoms with van der Waals surface area (Å²) in [5.74, 6) is -0.512. The lowest BCUT2D eigenvalue weighted by atomic mass is 10.0. The molecule has 1 amide bonds. The zero-order valence-electron chi connectivity index (χ0n) is 11.0. The van der Waals surface area contributed by atoms with Crippen molar-refractivity contribution in [1.82, 2.24) is 0 Å². The fourth-order valence-electron chi connectivity index (χ4n) is 2.28. The summed E-state index contributed by atoms with van der Waals surface area (Å²) in [4.78, 5) is 13.7. The molecule has 2 aromatic carbocycles. The van der Waals surface area contributed by atoms with Crippen LogP contribution in [0.5, 0.6) is 0 Å². The number of benzene rings is 2. The summed E-state index contributed by atoms with van der Waals surface area (Å²) in [7, 11) is 0. The summed E-state index contributed by atoms with van der Waals surface area (Å²) in [6.07, 6.45) is 1.55. The second-order valence-corrected chi connectivity index (χ2v) is 5.58. The lowest BCUT2D eigenvalue weighted by Gasteiger charge is -2.19. The Bertz CT molecular complexity index is 747. The lowest BCUT2D eigenvalue weighted by Crippen LogP contribution is -2.22. The predicted octanol–water partition coefficient (Wildman–Crippen LogP) is 4.53. The first kappa shape index (κ1) is 13.8. The number of carbonyl (C=O) groups is 1. The van der Waals surface area contributed by atoms with Crippen molar-refractivity contribution in [1.29, 1.82) is 0 Å². The van der Waals surface area contributed by atoms with Gasteiger partial charge in [-0.05, 0) is 42.0 Å². The van der Waals surface area contributed by atoms with Crippen LogP contribution in [-0.4, -0.2) is 5.91 Å². The minimum absolute atomic E-state index is 0.176. The Balaban J connectivity index is 1.95. The molecule has 0 fully saturated rings. The summed E-state index contributed by atoms with van der Waals surface area (Å²) < 4.78 is 14.0. The molecule has 104 valence electrons. The van der Waals surface area contributed by atoms with E-state index >= 15 is 0 Å². The smallest absolute Gasteiger partial charge is 0.256 e. The van der Waals surface area contributed by atoms with E-state index in [0.717, 1.165) is 15.6 Å². The molecule has 2 aromatic rings. The van der Waals surface area contributed by atoms with Gasteiger partial charge in [0.1, 0.15) is 5.82 Å². The van der Waals surface area contributed by atoms with Gasteiger partial charge >= 0.3 is 0 Å². The highest BCUT2D eigenvalue weighted by Crippen LogP contribution is 2.34. The number of halogens is 2. The highest BCUT2D eigenvalue weighted by atomic mass is 79.9. The van der Waals surface area contributed by atoms with Crippen LogP contribution in [0.4, 0.5) is 10.1 Å². The number of allylic oxidation sites excluding steroid dienone is 1. The van der Waals surface area contributed by atoms with E-state index in [4.69, 9.17) is 0 Å². The first-order valence-corrected chi connectivity index (χ1v) is 7.12. The summed E-state index contributed by atoms with van der Waals surface area (Å²) in [6.45, 7) is 4.00. The average Bonchev–Trinajstić information content (AvgIpc) is 2.76. The van der Waals surface area contributed by atoms with Crippen molar-refractivity contribution < 1.29 is 9.18 Å². The molecule has 1 aliphatic heterocycles. The topological polar surface area (TPSA) is 20.3 Å². The van der Waals surface area contributed by atoms with Crippen molar-refractivity contribution in [3.8, 4) is 0 Å². The van der Waals surface area contributed by atoms with Crippen molar-refractivity contribution in [2.24, 2.45) is 0 Å². The zero-order chi connectivity index (χ0) is 15.0. The Hall–Kier alpha value is -2.20. The van der Waals surface area contributed by atoms with E-state index in [1.807, 2.05) is 24.3 Å². The van der Waals surface area contributed by atoms with Crippen molar-refractivity contribution >= 4 is 33.1 Å². The Kier molecular flexibility index (Phi) is 3.47. The highest BCUT2D eigenvalue weighted by Gasteiger charge is 2.27. The van der Waals surface area contributed by atoms with E-state index < -0.39 is 0 Å². The molecule has 0 atom stereocenters. The quantitative estimate of drug-likeness (QED) is 0.784. The van der Waals surface area contributed by atoms with Crippen LogP contribution in [0.1, 0.15) is 5.56 Å². The van der Waals surface area contributed by atoms with Gasteiger partial charge in [-0.2, -0.15) is 0 Å². The number of carbonyl (C=O) groups excluding carboxylic acids is 1. The fourth-order valence-corrected chi connectivity index (χ4v) is 2.54. The summed E-state index contributed by atoms with van der Waals surface area (Å²) in [5, 5.41) is 0. The summed E-state index contributed by atoms with van der Waals surface area (Å²) in [6, 6.07) is 13.4. The molecule has 0 spiro atoms. The SMILES string of the molecule is C=C1C(c2ccc(Br)cc2)=CC(=O)N1c1ccc(F)cc1. The first-order valence-electron chi connectivity index (χ1n) is 6.33. The van der Waals surface area contributed by atoms with Gasteiger partial charge in [-0.1, -0.05) is 34.6 Å². The van der Waals surface area contributed by atoms with Gasteiger partial charge in [-0.3, -0.25) is 9.69 Å². The van der Waals surface area contributed by atoms with Crippen molar-refractivity contribution in [3.63, 3.8) is 0 Å². The minimum Gasteiger partial charge on any atom is -0.277 e. The number of hydrogen-bond acceptors (Lipinski definition) is 1. The Morgan fingerprint density at radius 3 is 2.24 bits per heavy atom. The van der Waals surface area contributed by atoms with Crippen LogP contribution in [0.3, 0.4) is 0 Å². The number of rotatable bonds is 2. The maximum absolute atomic E-state index is 13.0. The number of amides is 1. The standard InChI is InChI=1S/C17H11BrFNO/c1-11-16(12-2-4-13(18)5-3-12)10-17(21)20(11)15-8-6-14(19)7-9-15/h2-10H,1H2. The van der Waals surface area contributed by atoms with Gasteiger partial charge in [0, 0.05) is 21.8 Å². The number of anilines is 1. The average molecular weight is 344 g/mol. The predicted molar refractivity (Wildman–Crippen MR) is 85.1 cm³/mol. The Morgan fingerprint density at radius 2 is 1.62 bits per heavy atom. The van der Waals surface area contributed by atoms with E-state index in [2.05, 4.69) is 22.5 Å². The first-order chi connectivity index (χ1) is 10.1. The van der Waals surface area contributed by atoms with E-state index in [9.17, 15) is 9.18 Å². The molecule has 1 heterocycles. The minimum atomic E-state index is -0.336. The zero-order valence-corrected chi connectivity index (χ0v) is 12.6. The third-order valence-corrected chi connectivity index (χ3v) is 3.84. The van der Waals surface area contributed by atoms with Gasteiger partial charge in [0.15, 0.2) is 0 Å². The molecule has 0 bridgehead atoms. The molecule has 2 nitrogen and oxygen atoms in total. The van der Waals surface area contributed by atoms with E-state index in [1.165, 1.54) is 17.0 Å². The van der Waals surface area contributed by atoms with Gasteiger partial charge in [0.05, 0.1) is 5.70 Å². The van der Waals surface area contributed by atoms with Crippen LogP contribution in [0.2, 0.25) is 0 Å². The lowest BCUT2D eigenvalue weighted by molar-refractivity contribution is -0.113. The van der Waals surface area contributed by atoms with Crippen molar-refractivity contribution in [3.05, 3.63) is 82.7 Å². The maximum atomic E-state index is 13.0. The molecule has 0 N–H and O–H groups in total. The molecule has 0 saturated heterocycles.